The molecule has 0 radical (unpaired) electrons. The van der Waals surface area contributed by atoms with Gasteiger partial charge in [-0.25, -0.2) is 0 Å². The SMILES string of the molecule is CCC[C@@H]1OC(=O)[C@H]1Cc1ccccc1. The van der Waals surface area contributed by atoms with Crippen LogP contribution in [0, 0.1) is 5.92 Å². The van der Waals surface area contributed by atoms with Gasteiger partial charge in [-0.15, -0.1) is 0 Å². The second-order valence-electron chi connectivity index (χ2n) is 4.06. The summed E-state index contributed by atoms with van der Waals surface area (Å²) in [5.41, 5.74) is 1.22. The number of hydrogen-bond acceptors (Lipinski definition) is 2. The Morgan fingerprint density at radius 1 is 1.27 bits per heavy atom. The molecular weight excluding hydrogens is 188 g/mol. The fraction of sp³-hybridized carbons (Fsp3) is 0.462. The summed E-state index contributed by atoms with van der Waals surface area (Å²) in [5, 5.41) is 0. The Labute approximate surface area is 90.3 Å². The first-order valence-corrected chi connectivity index (χ1v) is 5.55. The molecule has 0 saturated carbocycles. The average Bonchev–Trinajstić information content (AvgIpc) is 2.27. The standard InChI is InChI=1S/C13H16O2/c1-2-6-12-11(13(14)15-12)9-10-7-4-3-5-8-10/h3-5,7-8,11-12H,2,6,9H2,1H3/t11-,12-/m0/s1. The molecule has 0 amide bonds. The molecular formula is C13H16O2. The van der Waals surface area contributed by atoms with Gasteiger partial charge in [0.1, 0.15) is 6.10 Å². The number of cyclic esters (lactones) is 1. The molecule has 0 aliphatic carbocycles. The molecule has 1 aromatic carbocycles. The molecule has 2 heteroatoms. The van der Waals surface area contributed by atoms with Gasteiger partial charge in [0, 0.05) is 0 Å². The molecule has 2 rings (SSSR count). The lowest BCUT2D eigenvalue weighted by atomic mass is 9.87. The summed E-state index contributed by atoms with van der Waals surface area (Å²) in [7, 11) is 0. The second-order valence-corrected chi connectivity index (χ2v) is 4.06. The lowest BCUT2D eigenvalue weighted by Crippen LogP contribution is -2.46. The number of ether oxygens (including phenoxy) is 1. The largest absolute Gasteiger partial charge is 0.461 e. The van der Waals surface area contributed by atoms with Crippen LogP contribution in [0.25, 0.3) is 0 Å². The Kier molecular flexibility index (Phi) is 3.05. The van der Waals surface area contributed by atoms with Gasteiger partial charge in [-0.3, -0.25) is 4.79 Å². The normalized spacial score (nSPS) is 24.5. The minimum atomic E-state index is -0.0303. The van der Waals surface area contributed by atoms with Crippen molar-refractivity contribution in [2.75, 3.05) is 0 Å². The summed E-state index contributed by atoms with van der Waals surface area (Å²) in [6, 6.07) is 10.1. The molecule has 0 spiro atoms. The summed E-state index contributed by atoms with van der Waals surface area (Å²) in [5.74, 6) is 0.0599. The van der Waals surface area contributed by atoms with E-state index >= 15 is 0 Å². The van der Waals surface area contributed by atoms with E-state index in [0.717, 1.165) is 19.3 Å². The molecule has 15 heavy (non-hydrogen) atoms. The van der Waals surface area contributed by atoms with Crippen molar-refractivity contribution in [3.05, 3.63) is 35.9 Å². The van der Waals surface area contributed by atoms with Crippen molar-refractivity contribution >= 4 is 5.97 Å². The van der Waals surface area contributed by atoms with Crippen molar-refractivity contribution in [2.45, 2.75) is 32.3 Å². The minimum Gasteiger partial charge on any atom is -0.461 e. The van der Waals surface area contributed by atoms with E-state index in [9.17, 15) is 4.79 Å². The third kappa shape index (κ3) is 2.20. The first-order valence-electron chi connectivity index (χ1n) is 5.55. The molecule has 1 heterocycles. The third-order valence-electron chi connectivity index (χ3n) is 2.89. The van der Waals surface area contributed by atoms with Gasteiger partial charge in [-0.2, -0.15) is 0 Å². The molecule has 2 atom stereocenters. The van der Waals surface area contributed by atoms with E-state index in [0.29, 0.717) is 0 Å². The Balaban J connectivity index is 1.96. The highest BCUT2D eigenvalue weighted by Gasteiger charge is 2.41. The van der Waals surface area contributed by atoms with E-state index in [2.05, 4.69) is 19.1 Å². The van der Waals surface area contributed by atoms with Crippen molar-refractivity contribution in [2.24, 2.45) is 5.92 Å². The number of rotatable bonds is 4. The van der Waals surface area contributed by atoms with Gasteiger partial charge in [0.15, 0.2) is 0 Å². The van der Waals surface area contributed by atoms with Crippen molar-refractivity contribution in [1.82, 2.24) is 0 Å². The van der Waals surface area contributed by atoms with Gasteiger partial charge in [0.25, 0.3) is 0 Å². The molecule has 1 fully saturated rings. The van der Waals surface area contributed by atoms with Crippen molar-refractivity contribution in [3.8, 4) is 0 Å². The Morgan fingerprint density at radius 2 is 2.00 bits per heavy atom. The lowest BCUT2D eigenvalue weighted by Gasteiger charge is -2.35. The third-order valence-corrected chi connectivity index (χ3v) is 2.89. The van der Waals surface area contributed by atoms with E-state index in [4.69, 9.17) is 4.74 Å². The average molecular weight is 204 g/mol. The quantitative estimate of drug-likeness (QED) is 0.704. The van der Waals surface area contributed by atoms with Crippen LogP contribution < -0.4 is 0 Å². The molecule has 0 N–H and O–H groups in total. The molecule has 1 aliphatic heterocycles. The Morgan fingerprint density at radius 3 is 2.60 bits per heavy atom. The number of hydrogen-bond donors (Lipinski definition) is 0. The molecule has 1 aromatic rings. The molecule has 0 bridgehead atoms. The molecule has 1 saturated heterocycles. The van der Waals surface area contributed by atoms with Crippen molar-refractivity contribution in [3.63, 3.8) is 0 Å². The molecule has 2 nitrogen and oxygen atoms in total. The number of esters is 1. The molecule has 1 aliphatic rings. The topological polar surface area (TPSA) is 26.3 Å². The van der Waals surface area contributed by atoms with Crippen LogP contribution in [0.2, 0.25) is 0 Å². The van der Waals surface area contributed by atoms with Crippen LogP contribution in [0.5, 0.6) is 0 Å². The monoisotopic (exact) mass is 204 g/mol. The fourth-order valence-electron chi connectivity index (χ4n) is 2.03. The van der Waals surface area contributed by atoms with Gasteiger partial charge in [-0.05, 0) is 18.4 Å². The van der Waals surface area contributed by atoms with Crippen molar-refractivity contribution in [1.29, 1.82) is 0 Å². The second kappa shape index (κ2) is 4.47. The predicted octanol–water partition coefficient (Wildman–Crippen LogP) is 2.57. The predicted molar refractivity (Wildman–Crippen MR) is 58.4 cm³/mol. The summed E-state index contributed by atoms with van der Waals surface area (Å²) in [6.07, 6.45) is 3.04. The van der Waals surface area contributed by atoms with Crippen LogP contribution in [-0.2, 0) is 16.0 Å². The van der Waals surface area contributed by atoms with Crippen LogP contribution in [0.3, 0.4) is 0 Å². The smallest absolute Gasteiger partial charge is 0.313 e. The molecule has 80 valence electrons. The summed E-state index contributed by atoms with van der Waals surface area (Å²) in [4.78, 5) is 11.3. The number of carbonyl (C=O) groups is 1. The minimum absolute atomic E-state index is 0.0303. The van der Waals surface area contributed by atoms with Gasteiger partial charge >= 0.3 is 5.97 Å². The highest BCUT2D eigenvalue weighted by molar-refractivity contribution is 5.78. The summed E-state index contributed by atoms with van der Waals surface area (Å²) < 4.78 is 5.13. The zero-order valence-electron chi connectivity index (χ0n) is 8.98. The van der Waals surface area contributed by atoms with Gasteiger partial charge in [0.2, 0.25) is 0 Å². The van der Waals surface area contributed by atoms with E-state index in [1.165, 1.54) is 5.56 Å². The Bertz CT molecular complexity index is 332. The summed E-state index contributed by atoms with van der Waals surface area (Å²) >= 11 is 0. The van der Waals surface area contributed by atoms with Crippen LogP contribution in [0.1, 0.15) is 25.3 Å². The highest BCUT2D eigenvalue weighted by Crippen LogP contribution is 2.29. The van der Waals surface area contributed by atoms with E-state index < -0.39 is 0 Å². The molecule has 0 unspecified atom stereocenters. The fourth-order valence-corrected chi connectivity index (χ4v) is 2.03. The van der Waals surface area contributed by atoms with Gasteiger partial charge in [0.05, 0.1) is 5.92 Å². The lowest BCUT2D eigenvalue weighted by molar-refractivity contribution is -0.185. The van der Waals surface area contributed by atoms with Gasteiger partial charge in [-0.1, -0.05) is 43.7 Å². The zero-order chi connectivity index (χ0) is 10.7. The van der Waals surface area contributed by atoms with Crippen LogP contribution in [0.4, 0.5) is 0 Å². The van der Waals surface area contributed by atoms with Crippen molar-refractivity contribution < 1.29 is 9.53 Å². The first-order chi connectivity index (χ1) is 7.31. The zero-order valence-corrected chi connectivity index (χ0v) is 8.98. The maximum absolute atomic E-state index is 11.3. The van der Waals surface area contributed by atoms with Crippen LogP contribution in [0.15, 0.2) is 30.3 Å². The first kappa shape index (κ1) is 10.2. The van der Waals surface area contributed by atoms with Gasteiger partial charge < -0.3 is 4.74 Å². The van der Waals surface area contributed by atoms with E-state index in [-0.39, 0.29) is 18.0 Å². The van der Waals surface area contributed by atoms with Crippen LogP contribution >= 0.6 is 0 Å². The Hall–Kier alpha value is -1.31. The summed E-state index contributed by atoms with van der Waals surface area (Å²) in [6.45, 7) is 2.12. The number of benzene rings is 1. The highest BCUT2D eigenvalue weighted by atomic mass is 16.6. The maximum atomic E-state index is 11.3. The van der Waals surface area contributed by atoms with Crippen LogP contribution in [-0.4, -0.2) is 12.1 Å². The maximum Gasteiger partial charge on any atom is 0.313 e. The number of carbonyl (C=O) groups excluding carboxylic acids is 1. The van der Waals surface area contributed by atoms with E-state index in [1.54, 1.807) is 0 Å². The molecule has 0 aromatic heterocycles. The van der Waals surface area contributed by atoms with E-state index in [1.807, 2.05) is 18.2 Å².